The van der Waals surface area contributed by atoms with Crippen LogP contribution in [0.25, 0.3) is 5.69 Å². The molecule has 0 aliphatic carbocycles. The number of aromatic amines is 1. The Labute approximate surface area is 88.9 Å². The van der Waals surface area contributed by atoms with E-state index in [1.165, 1.54) is 11.0 Å². The van der Waals surface area contributed by atoms with Gasteiger partial charge < -0.3 is 0 Å². The van der Waals surface area contributed by atoms with Gasteiger partial charge in [-0.15, -0.1) is 0 Å². The van der Waals surface area contributed by atoms with Crippen molar-refractivity contribution >= 4 is 15.9 Å². The Morgan fingerprint density at radius 3 is 2.50 bits per heavy atom. The highest BCUT2D eigenvalue weighted by Gasteiger charge is 2.08. The molecule has 0 aliphatic heterocycles. The first kappa shape index (κ1) is 9.21. The van der Waals surface area contributed by atoms with E-state index in [2.05, 4.69) is 21.0 Å². The van der Waals surface area contributed by atoms with Gasteiger partial charge in [0, 0.05) is 11.4 Å². The number of benzene rings is 1. The molecule has 0 radical (unpaired) electrons. The fourth-order valence-corrected chi connectivity index (χ4v) is 1.49. The molecule has 5 heteroatoms. The standard InChI is InChI=1S/C9H9BrN3O/c1-7-6-12(14)13(11-7)9-4-2-8(10)3-5-9/h2-6,11H,1H3/q+1. The molecule has 1 heterocycles. The van der Waals surface area contributed by atoms with Crippen molar-refractivity contribution in [3.63, 3.8) is 0 Å². The minimum Gasteiger partial charge on any atom is -0.167 e. The molecule has 0 saturated carbocycles. The van der Waals surface area contributed by atoms with E-state index in [1.807, 2.05) is 31.2 Å². The summed E-state index contributed by atoms with van der Waals surface area (Å²) in [6.45, 7) is 1.84. The van der Waals surface area contributed by atoms with E-state index < -0.39 is 0 Å². The molecule has 72 valence electrons. The molecular weight excluding hydrogens is 246 g/mol. The minimum atomic E-state index is 0.762. The Kier molecular flexibility index (Phi) is 2.25. The maximum absolute atomic E-state index is 11.4. The summed E-state index contributed by atoms with van der Waals surface area (Å²) in [5, 5.41) is 2.93. The average molecular weight is 255 g/mol. The molecule has 2 aromatic rings. The molecule has 0 saturated heterocycles. The summed E-state index contributed by atoms with van der Waals surface area (Å²) in [4.78, 5) is 12.8. The molecule has 0 fully saturated rings. The maximum Gasteiger partial charge on any atom is 0.209 e. The van der Waals surface area contributed by atoms with Gasteiger partial charge in [-0.05, 0) is 34.0 Å². The van der Waals surface area contributed by atoms with E-state index in [0.29, 0.717) is 0 Å². The third kappa shape index (κ3) is 1.63. The van der Waals surface area contributed by atoms with E-state index >= 15 is 0 Å². The molecule has 0 unspecified atom stereocenters. The van der Waals surface area contributed by atoms with E-state index in [4.69, 9.17) is 0 Å². The third-order valence-electron chi connectivity index (χ3n) is 1.85. The summed E-state index contributed by atoms with van der Waals surface area (Å²) < 4.78 is 1.75. The number of hydrogen-bond acceptors (Lipinski definition) is 1. The second kappa shape index (κ2) is 3.42. The van der Waals surface area contributed by atoms with Crippen molar-refractivity contribution in [2.24, 2.45) is 0 Å². The van der Waals surface area contributed by atoms with Gasteiger partial charge in [0.25, 0.3) is 0 Å². The van der Waals surface area contributed by atoms with E-state index in [9.17, 15) is 4.91 Å². The molecular formula is C9H9BrN3O+. The predicted molar refractivity (Wildman–Crippen MR) is 55.9 cm³/mol. The molecule has 4 nitrogen and oxygen atoms in total. The number of halogens is 1. The first-order valence-electron chi connectivity index (χ1n) is 4.14. The van der Waals surface area contributed by atoms with Crippen LogP contribution in [0.4, 0.5) is 0 Å². The summed E-state index contributed by atoms with van der Waals surface area (Å²) in [6.07, 6.45) is 1.49. The van der Waals surface area contributed by atoms with Crippen LogP contribution in [0.15, 0.2) is 34.9 Å². The molecule has 1 N–H and O–H groups in total. The monoisotopic (exact) mass is 254 g/mol. The van der Waals surface area contributed by atoms with Crippen LogP contribution in [-0.4, -0.2) is 9.90 Å². The molecule has 0 spiro atoms. The number of hydrogen-bond donors (Lipinski definition) is 1. The van der Waals surface area contributed by atoms with Crippen LogP contribution < -0.4 is 4.54 Å². The van der Waals surface area contributed by atoms with Gasteiger partial charge in [-0.1, -0.05) is 15.9 Å². The molecule has 0 bridgehead atoms. The Morgan fingerprint density at radius 2 is 2.00 bits per heavy atom. The Bertz CT molecular complexity index is 498. The SMILES string of the molecule is Cc1c[n+](=O)n(-c2ccc(Br)cc2)[nH]1. The number of H-pyrrole nitrogens is 1. The Hall–Kier alpha value is -1.36. The summed E-state index contributed by atoms with van der Waals surface area (Å²) >= 11 is 3.34. The van der Waals surface area contributed by atoms with Crippen LogP contribution in [0.5, 0.6) is 0 Å². The van der Waals surface area contributed by atoms with Gasteiger partial charge in [0.05, 0.1) is 4.54 Å². The number of nitrogens with zero attached hydrogens (tertiary/aromatic N) is 2. The molecule has 0 aliphatic rings. The Morgan fingerprint density at radius 1 is 1.36 bits per heavy atom. The normalized spacial score (nSPS) is 10.4. The first-order chi connectivity index (χ1) is 6.66. The lowest BCUT2D eigenvalue weighted by molar-refractivity contribution is -0.586. The van der Waals surface area contributed by atoms with Crippen molar-refractivity contribution in [1.82, 2.24) is 9.90 Å². The second-order valence-corrected chi connectivity index (χ2v) is 3.93. The van der Waals surface area contributed by atoms with Crippen molar-refractivity contribution in [3.05, 3.63) is 45.5 Å². The zero-order valence-electron chi connectivity index (χ0n) is 7.57. The smallest absolute Gasteiger partial charge is 0.167 e. The van der Waals surface area contributed by atoms with Gasteiger partial charge >= 0.3 is 0 Å². The van der Waals surface area contributed by atoms with Crippen LogP contribution in [0, 0.1) is 11.8 Å². The highest BCUT2D eigenvalue weighted by atomic mass is 79.9. The van der Waals surface area contributed by atoms with Gasteiger partial charge in [0.15, 0.2) is 5.69 Å². The van der Waals surface area contributed by atoms with E-state index in [-0.39, 0.29) is 0 Å². The van der Waals surface area contributed by atoms with E-state index in [0.717, 1.165) is 20.4 Å². The first-order valence-corrected chi connectivity index (χ1v) is 4.93. The lowest BCUT2D eigenvalue weighted by Crippen LogP contribution is -2.25. The quantitative estimate of drug-likeness (QED) is 0.775. The van der Waals surface area contributed by atoms with Crippen molar-refractivity contribution in [2.75, 3.05) is 0 Å². The highest BCUT2D eigenvalue weighted by molar-refractivity contribution is 9.10. The topological polar surface area (TPSA) is 43.7 Å². The lowest BCUT2D eigenvalue weighted by atomic mass is 10.3. The summed E-state index contributed by atoms with van der Waals surface area (Å²) in [5.74, 6) is 0. The number of aromatic nitrogens is 3. The zero-order valence-corrected chi connectivity index (χ0v) is 9.15. The van der Waals surface area contributed by atoms with Gasteiger partial charge in [0.2, 0.25) is 6.20 Å². The van der Waals surface area contributed by atoms with Crippen LogP contribution in [0.1, 0.15) is 5.69 Å². The van der Waals surface area contributed by atoms with Crippen molar-refractivity contribution in [2.45, 2.75) is 6.92 Å². The average Bonchev–Trinajstić information content (AvgIpc) is 2.47. The lowest BCUT2D eigenvalue weighted by Gasteiger charge is -1.94. The van der Waals surface area contributed by atoms with Crippen molar-refractivity contribution in [1.29, 1.82) is 0 Å². The molecule has 2 rings (SSSR count). The summed E-state index contributed by atoms with van der Waals surface area (Å²) in [5.41, 5.74) is 1.62. The Balaban J connectivity index is 2.54. The number of aryl methyl sites for hydroxylation is 1. The molecule has 0 amide bonds. The molecule has 1 aromatic heterocycles. The molecule has 0 atom stereocenters. The van der Waals surface area contributed by atoms with Gasteiger partial charge in [0.1, 0.15) is 5.69 Å². The number of nitrogens with one attached hydrogen (secondary N) is 1. The maximum atomic E-state index is 11.4. The summed E-state index contributed by atoms with van der Waals surface area (Å²) in [7, 11) is 0. The van der Waals surface area contributed by atoms with Crippen LogP contribution in [0.3, 0.4) is 0 Å². The van der Waals surface area contributed by atoms with Crippen LogP contribution in [-0.2, 0) is 0 Å². The molecule has 1 aromatic carbocycles. The fourth-order valence-electron chi connectivity index (χ4n) is 1.23. The predicted octanol–water partition coefficient (Wildman–Crippen LogP) is 1.79. The van der Waals surface area contributed by atoms with Crippen LogP contribution in [0.2, 0.25) is 0 Å². The highest BCUT2D eigenvalue weighted by Crippen LogP contribution is 2.11. The fraction of sp³-hybridized carbons (Fsp3) is 0.111. The van der Waals surface area contributed by atoms with E-state index in [1.54, 1.807) is 0 Å². The largest absolute Gasteiger partial charge is 0.209 e. The van der Waals surface area contributed by atoms with Crippen LogP contribution >= 0.6 is 15.9 Å². The second-order valence-electron chi connectivity index (χ2n) is 3.01. The molecule has 14 heavy (non-hydrogen) atoms. The minimum absolute atomic E-state index is 0.762. The van der Waals surface area contributed by atoms with Gasteiger partial charge in [-0.2, -0.15) is 5.10 Å². The van der Waals surface area contributed by atoms with Gasteiger partial charge in [-0.25, -0.2) is 0 Å². The van der Waals surface area contributed by atoms with Crippen molar-refractivity contribution < 1.29 is 4.54 Å². The third-order valence-corrected chi connectivity index (χ3v) is 2.38. The zero-order chi connectivity index (χ0) is 10.1. The van der Waals surface area contributed by atoms with Crippen molar-refractivity contribution in [3.8, 4) is 5.69 Å². The number of rotatable bonds is 1. The van der Waals surface area contributed by atoms with Gasteiger partial charge in [-0.3, -0.25) is 0 Å². The summed E-state index contributed by atoms with van der Waals surface area (Å²) in [6, 6.07) is 7.49.